The first kappa shape index (κ1) is 13.5. The van der Waals surface area contributed by atoms with E-state index in [1.165, 1.54) is 11.8 Å². The van der Waals surface area contributed by atoms with Crippen molar-refractivity contribution in [2.24, 2.45) is 5.41 Å². The van der Waals surface area contributed by atoms with Crippen LogP contribution < -0.4 is 0 Å². The van der Waals surface area contributed by atoms with Gasteiger partial charge < -0.3 is 9.47 Å². The predicted octanol–water partition coefficient (Wildman–Crippen LogP) is 2.28. The van der Waals surface area contributed by atoms with Gasteiger partial charge in [0.2, 0.25) is 0 Å². The van der Waals surface area contributed by atoms with E-state index in [2.05, 4.69) is 0 Å². The standard InChI is InChI=1S/C13H18O4S/c1-3-16-10(14)12-6-5-7-13(12,18-9-8-12)11(15)17-4-2/h8-9H,3-7H2,1-2H3/t12-,13+/m0/s1. The Morgan fingerprint density at radius 1 is 1.17 bits per heavy atom. The number of hydrogen-bond donors (Lipinski definition) is 0. The van der Waals surface area contributed by atoms with Crippen molar-refractivity contribution in [2.75, 3.05) is 13.2 Å². The van der Waals surface area contributed by atoms with Crippen molar-refractivity contribution in [2.45, 2.75) is 37.9 Å². The summed E-state index contributed by atoms with van der Waals surface area (Å²) in [6.45, 7) is 4.22. The summed E-state index contributed by atoms with van der Waals surface area (Å²) in [7, 11) is 0. The lowest BCUT2D eigenvalue weighted by Gasteiger charge is -2.34. The summed E-state index contributed by atoms with van der Waals surface area (Å²) in [5.74, 6) is -0.581. The summed E-state index contributed by atoms with van der Waals surface area (Å²) in [6, 6.07) is 0. The van der Waals surface area contributed by atoms with Gasteiger partial charge in [-0.15, -0.1) is 11.8 Å². The number of thioether (sulfide) groups is 1. The molecule has 0 aromatic rings. The zero-order valence-electron chi connectivity index (χ0n) is 10.7. The molecule has 1 heterocycles. The van der Waals surface area contributed by atoms with Crippen LogP contribution in [0.5, 0.6) is 0 Å². The Morgan fingerprint density at radius 2 is 1.83 bits per heavy atom. The normalized spacial score (nSPS) is 33.2. The van der Waals surface area contributed by atoms with Gasteiger partial charge in [-0.3, -0.25) is 9.59 Å². The van der Waals surface area contributed by atoms with Crippen LogP contribution in [0.1, 0.15) is 33.1 Å². The van der Waals surface area contributed by atoms with E-state index in [-0.39, 0.29) is 11.9 Å². The summed E-state index contributed by atoms with van der Waals surface area (Å²) in [6.07, 6.45) is 4.00. The van der Waals surface area contributed by atoms with Crippen LogP contribution in [-0.4, -0.2) is 29.9 Å². The summed E-state index contributed by atoms with van der Waals surface area (Å²) in [4.78, 5) is 24.5. The molecule has 2 aliphatic rings. The van der Waals surface area contributed by atoms with Gasteiger partial charge in [-0.1, -0.05) is 6.08 Å². The maximum atomic E-state index is 12.3. The van der Waals surface area contributed by atoms with Crippen LogP contribution in [0.3, 0.4) is 0 Å². The average molecular weight is 270 g/mol. The summed E-state index contributed by atoms with van der Waals surface area (Å²) in [5.41, 5.74) is -0.820. The maximum Gasteiger partial charge on any atom is 0.324 e. The molecular formula is C13H18O4S. The molecule has 0 bridgehead atoms. The van der Waals surface area contributed by atoms with Gasteiger partial charge in [0.05, 0.1) is 13.2 Å². The second kappa shape index (κ2) is 4.96. The molecule has 4 nitrogen and oxygen atoms in total. The van der Waals surface area contributed by atoms with E-state index in [1.807, 2.05) is 11.5 Å². The van der Waals surface area contributed by atoms with E-state index in [0.717, 1.165) is 6.42 Å². The van der Waals surface area contributed by atoms with Crippen LogP contribution >= 0.6 is 11.8 Å². The third-order valence-corrected chi connectivity index (χ3v) is 5.10. The van der Waals surface area contributed by atoms with Gasteiger partial charge >= 0.3 is 11.9 Å². The minimum absolute atomic E-state index is 0.287. The van der Waals surface area contributed by atoms with Gasteiger partial charge in [0.1, 0.15) is 10.2 Å². The fourth-order valence-corrected chi connectivity index (χ4v) is 4.28. The fourth-order valence-electron chi connectivity index (χ4n) is 2.86. The molecule has 0 unspecified atom stereocenters. The number of hydrogen-bond acceptors (Lipinski definition) is 5. The third-order valence-electron chi connectivity index (χ3n) is 3.69. The summed E-state index contributed by atoms with van der Waals surface area (Å²) < 4.78 is 9.55. The Balaban J connectivity index is 2.34. The number of esters is 2. The second-order valence-electron chi connectivity index (χ2n) is 4.51. The first-order chi connectivity index (χ1) is 8.63. The van der Waals surface area contributed by atoms with Crippen molar-refractivity contribution in [3.8, 4) is 0 Å². The third kappa shape index (κ3) is 1.67. The molecule has 0 N–H and O–H groups in total. The SMILES string of the molecule is CCOC(=O)[C@]12C=CS[C@@]1(C(=O)OCC)CCC2. The van der Waals surface area contributed by atoms with Crippen LogP contribution in [0.2, 0.25) is 0 Å². The zero-order valence-corrected chi connectivity index (χ0v) is 11.5. The molecule has 2 atom stereocenters. The maximum absolute atomic E-state index is 12.3. The smallest absolute Gasteiger partial charge is 0.324 e. The van der Waals surface area contributed by atoms with E-state index in [1.54, 1.807) is 13.8 Å². The topological polar surface area (TPSA) is 52.6 Å². The largest absolute Gasteiger partial charge is 0.465 e. The molecule has 0 radical (unpaired) electrons. The molecule has 0 aromatic heterocycles. The number of rotatable bonds is 4. The molecule has 0 aromatic carbocycles. The lowest BCUT2D eigenvalue weighted by molar-refractivity contribution is -0.161. The van der Waals surface area contributed by atoms with Gasteiger partial charge in [-0.25, -0.2) is 0 Å². The van der Waals surface area contributed by atoms with Crippen LogP contribution in [-0.2, 0) is 19.1 Å². The van der Waals surface area contributed by atoms with E-state index in [9.17, 15) is 9.59 Å². The molecule has 1 saturated carbocycles. The lowest BCUT2D eigenvalue weighted by atomic mass is 9.77. The number of carbonyl (C=O) groups excluding carboxylic acids is 2. The quantitative estimate of drug-likeness (QED) is 0.734. The minimum Gasteiger partial charge on any atom is -0.465 e. The number of ether oxygens (including phenoxy) is 2. The zero-order chi connectivity index (χ0) is 13.2. The summed E-state index contributed by atoms with van der Waals surface area (Å²) >= 11 is 1.41. The molecule has 0 spiro atoms. The van der Waals surface area contributed by atoms with Gasteiger partial charge in [0.25, 0.3) is 0 Å². The Kier molecular flexibility index (Phi) is 3.71. The monoisotopic (exact) mass is 270 g/mol. The van der Waals surface area contributed by atoms with E-state index < -0.39 is 10.2 Å². The highest BCUT2D eigenvalue weighted by Crippen LogP contribution is 2.61. The molecule has 2 rings (SSSR count). The average Bonchev–Trinajstić information content (AvgIpc) is 2.85. The molecule has 5 heteroatoms. The van der Waals surface area contributed by atoms with Crippen LogP contribution in [0.4, 0.5) is 0 Å². The van der Waals surface area contributed by atoms with Gasteiger partial charge in [0, 0.05) is 0 Å². The first-order valence-electron chi connectivity index (χ1n) is 6.33. The Morgan fingerprint density at radius 3 is 2.50 bits per heavy atom. The molecule has 1 aliphatic heterocycles. The van der Waals surface area contributed by atoms with Gasteiger partial charge in [0.15, 0.2) is 0 Å². The molecule has 0 saturated heterocycles. The van der Waals surface area contributed by atoms with Crippen molar-refractivity contribution < 1.29 is 19.1 Å². The summed E-state index contributed by atoms with van der Waals surface area (Å²) in [5, 5.41) is 1.84. The Bertz CT molecular complexity index is 392. The van der Waals surface area contributed by atoms with Crippen molar-refractivity contribution in [3.05, 3.63) is 11.5 Å². The van der Waals surface area contributed by atoms with E-state index in [0.29, 0.717) is 26.1 Å². The van der Waals surface area contributed by atoms with E-state index >= 15 is 0 Å². The van der Waals surface area contributed by atoms with Crippen LogP contribution in [0.25, 0.3) is 0 Å². The Hall–Kier alpha value is -0.970. The van der Waals surface area contributed by atoms with Crippen molar-refractivity contribution >= 4 is 23.7 Å². The highest BCUT2D eigenvalue weighted by molar-refractivity contribution is 8.04. The molecule has 1 fully saturated rings. The molecular weight excluding hydrogens is 252 g/mol. The minimum atomic E-state index is -0.820. The van der Waals surface area contributed by atoms with Gasteiger partial charge in [-0.2, -0.15) is 0 Å². The van der Waals surface area contributed by atoms with Crippen molar-refractivity contribution in [1.82, 2.24) is 0 Å². The van der Waals surface area contributed by atoms with Crippen molar-refractivity contribution in [3.63, 3.8) is 0 Å². The van der Waals surface area contributed by atoms with Crippen LogP contribution in [0, 0.1) is 5.41 Å². The van der Waals surface area contributed by atoms with Gasteiger partial charge in [-0.05, 0) is 38.5 Å². The highest BCUT2D eigenvalue weighted by atomic mass is 32.2. The second-order valence-corrected chi connectivity index (χ2v) is 5.72. The first-order valence-corrected chi connectivity index (χ1v) is 7.21. The Labute approximate surface area is 111 Å². The molecule has 0 amide bonds. The molecule has 1 aliphatic carbocycles. The molecule has 100 valence electrons. The lowest BCUT2D eigenvalue weighted by Crippen LogP contribution is -2.50. The molecule has 18 heavy (non-hydrogen) atoms. The van der Waals surface area contributed by atoms with Crippen LogP contribution in [0.15, 0.2) is 11.5 Å². The highest BCUT2D eigenvalue weighted by Gasteiger charge is 2.66. The predicted molar refractivity (Wildman–Crippen MR) is 69.0 cm³/mol. The number of fused-ring (bicyclic) bond motifs is 1. The van der Waals surface area contributed by atoms with Crippen molar-refractivity contribution in [1.29, 1.82) is 0 Å². The number of carbonyl (C=O) groups is 2. The van der Waals surface area contributed by atoms with E-state index in [4.69, 9.17) is 9.47 Å². The fraction of sp³-hybridized carbons (Fsp3) is 0.692.